The van der Waals surface area contributed by atoms with Crippen LogP contribution in [0.4, 0.5) is 19.0 Å². The first-order valence-electron chi connectivity index (χ1n) is 4.23. The fourth-order valence-corrected chi connectivity index (χ4v) is 1.09. The van der Waals surface area contributed by atoms with Crippen molar-refractivity contribution < 1.29 is 32.4 Å². The Labute approximate surface area is 97.3 Å². The van der Waals surface area contributed by atoms with Gasteiger partial charge in [0.05, 0.1) is 13.2 Å². The van der Waals surface area contributed by atoms with E-state index in [0.717, 1.165) is 7.11 Å². The summed E-state index contributed by atoms with van der Waals surface area (Å²) in [4.78, 5) is 23.0. The van der Waals surface area contributed by atoms with Crippen LogP contribution in [-0.4, -0.2) is 29.7 Å². The fraction of sp³-hybridized carbons (Fsp3) is 0.250. The smallest absolute Gasteiger partial charge is 0.495 e. The Hall–Kier alpha value is -2.39. The topological polar surface area (TPSA) is 91.6 Å². The molecule has 1 heterocycles. The standard InChI is InChI=1S/C8H5F3N2O5/c1-17-5-2-6(18-8(9,10)11)12-7(13(15)16)4(5)3-14/h2-3H,1H3. The molecule has 0 unspecified atom stereocenters. The Kier molecular flexibility index (Phi) is 3.69. The van der Waals surface area contributed by atoms with Crippen molar-refractivity contribution in [3.63, 3.8) is 0 Å². The van der Waals surface area contributed by atoms with Crippen molar-refractivity contribution in [2.45, 2.75) is 6.36 Å². The molecule has 0 N–H and O–H groups in total. The zero-order valence-electron chi connectivity index (χ0n) is 8.72. The van der Waals surface area contributed by atoms with Crippen LogP contribution in [-0.2, 0) is 0 Å². The van der Waals surface area contributed by atoms with E-state index in [4.69, 9.17) is 0 Å². The van der Waals surface area contributed by atoms with Gasteiger partial charge in [-0.2, -0.15) is 0 Å². The van der Waals surface area contributed by atoms with E-state index in [1.54, 1.807) is 0 Å². The van der Waals surface area contributed by atoms with Gasteiger partial charge in [-0.25, -0.2) is 0 Å². The van der Waals surface area contributed by atoms with Crippen molar-refractivity contribution in [1.82, 2.24) is 4.98 Å². The fourth-order valence-electron chi connectivity index (χ4n) is 1.09. The number of halogens is 3. The maximum atomic E-state index is 11.9. The van der Waals surface area contributed by atoms with E-state index < -0.39 is 34.3 Å². The second kappa shape index (κ2) is 4.85. The molecule has 0 saturated heterocycles. The van der Waals surface area contributed by atoms with Gasteiger partial charge in [0, 0.05) is 4.98 Å². The summed E-state index contributed by atoms with van der Waals surface area (Å²) in [6, 6.07) is 0.629. The van der Waals surface area contributed by atoms with Gasteiger partial charge < -0.3 is 19.6 Å². The number of methoxy groups -OCH3 is 1. The molecular formula is C8H5F3N2O5. The number of carbonyl (C=O) groups is 1. The number of rotatable bonds is 4. The maximum absolute atomic E-state index is 11.9. The highest BCUT2D eigenvalue weighted by Crippen LogP contribution is 2.31. The van der Waals surface area contributed by atoms with Crippen LogP contribution in [0.15, 0.2) is 6.07 Å². The lowest BCUT2D eigenvalue weighted by atomic mass is 10.2. The van der Waals surface area contributed by atoms with Gasteiger partial charge in [0.2, 0.25) is 0 Å². The third-order valence-electron chi connectivity index (χ3n) is 1.71. The second-order valence-corrected chi connectivity index (χ2v) is 2.82. The lowest BCUT2D eigenvalue weighted by molar-refractivity contribution is -0.390. The Bertz CT molecular complexity index is 488. The molecule has 0 fully saturated rings. The molecule has 0 aromatic carbocycles. The minimum Gasteiger partial charge on any atom is -0.495 e. The molecule has 1 rings (SSSR count). The first-order valence-corrected chi connectivity index (χ1v) is 4.23. The van der Waals surface area contributed by atoms with Gasteiger partial charge in [0.15, 0.2) is 11.8 Å². The van der Waals surface area contributed by atoms with Crippen LogP contribution in [0.1, 0.15) is 10.4 Å². The van der Waals surface area contributed by atoms with Crippen LogP contribution in [0.2, 0.25) is 0 Å². The van der Waals surface area contributed by atoms with Crippen LogP contribution in [0, 0.1) is 10.1 Å². The number of hydrogen-bond donors (Lipinski definition) is 0. The number of carbonyl (C=O) groups excluding carboxylic acids is 1. The van der Waals surface area contributed by atoms with Crippen LogP contribution < -0.4 is 9.47 Å². The van der Waals surface area contributed by atoms with Gasteiger partial charge in [-0.05, 0) is 4.92 Å². The number of nitro groups is 1. The predicted octanol–water partition coefficient (Wildman–Crippen LogP) is 1.71. The summed E-state index contributed by atoms with van der Waals surface area (Å²) in [5.74, 6) is -2.61. The van der Waals surface area contributed by atoms with Gasteiger partial charge >= 0.3 is 18.1 Å². The average molecular weight is 266 g/mol. The first kappa shape index (κ1) is 13.7. The largest absolute Gasteiger partial charge is 0.575 e. The molecule has 1 aromatic rings. The summed E-state index contributed by atoms with van der Waals surface area (Å²) in [6.45, 7) is 0. The Morgan fingerprint density at radius 2 is 2.11 bits per heavy atom. The maximum Gasteiger partial charge on any atom is 0.575 e. The van der Waals surface area contributed by atoms with E-state index in [2.05, 4.69) is 14.5 Å². The van der Waals surface area contributed by atoms with Gasteiger partial charge in [-0.15, -0.1) is 13.2 Å². The summed E-state index contributed by atoms with van der Waals surface area (Å²) in [5, 5.41) is 10.6. The highest BCUT2D eigenvalue weighted by Gasteiger charge is 2.35. The van der Waals surface area contributed by atoms with Crippen LogP contribution in [0.25, 0.3) is 0 Å². The molecular weight excluding hydrogens is 261 g/mol. The third-order valence-corrected chi connectivity index (χ3v) is 1.71. The van der Waals surface area contributed by atoms with Gasteiger partial charge in [0.1, 0.15) is 5.75 Å². The zero-order valence-corrected chi connectivity index (χ0v) is 8.72. The molecule has 10 heteroatoms. The summed E-state index contributed by atoms with van der Waals surface area (Å²) in [6.07, 6.45) is -5.00. The van der Waals surface area contributed by atoms with Crippen molar-refractivity contribution in [2.24, 2.45) is 0 Å². The van der Waals surface area contributed by atoms with Crippen LogP contribution >= 0.6 is 0 Å². The summed E-state index contributed by atoms with van der Waals surface area (Å²) >= 11 is 0. The first-order chi connectivity index (χ1) is 8.28. The normalized spacial score (nSPS) is 10.9. The van der Waals surface area contributed by atoms with E-state index in [1.165, 1.54) is 0 Å². The lowest BCUT2D eigenvalue weighted by Gasteiger charge is -2.08. The van der Waals surface area contributed by atoms with Crippen molar-refractivity contribution in [3.05, 3.63) is 21.7 Å². The van der Waals surface area contributed by atoms with Gasteiger partial charge in [-0.1, -0.05) is 0 Å². The molecule has 7 nitrogen and oxygen atoms in total. The number of alkyl halides is 3. The number of hydrogen-bond acceptors (Lipinski definition) is 6. The number of ether oxygens (including phenoxy) is 2. The molecule has 0 amide bonds. The quantitative estimate of drug-likeness (QED) is 0.468. The minimum atomic E-state index is -5.06. The highest BCUT2D eigenvalue weighted by atomic mass is 19.4. The molecule has 0 saturated carbocycles. The van der Waals surface area contributed by atoms with Crippen molar-refractivity contribution in [2.75, 3.05) is 7.11 Å². The number of aromatic nitrogens is 1. The summed E-state index contributed by atoms with van der Waals surface area (Å²) in [7, 11) is 1.03. The number of nitrogens with zero attached hydrogens (tertiary/aromatic N) is 2. The molecule has 98 valence electrons. The number of pyridine rings is 1. The molecule has 0 aliphatic carbocycles. The Balaban J connectivity index is 3.36. The third kappa shape index (κ3) is 3.06. The van der Waals surface area contributed by atoms with Crippen molar-refractivity contribution >= 4 is 12.1 Å². The summed E-state index contributed by atoms with van der Waals surface area (Å²) in [5.41, 5.74) is -0.572. The Morgan fingerprint density at radius 3 is 2.50 bits per heavy atom. The van der Waals surface area contributed by atoms with Gasteiger partial charge in [-0.3, -0.25) is 4.79 Å². The molecule has 0 bridgehead atoms. The SMILES string of the molecule is COc1cc(OC(F)(F)F)nc([N+](=O)[O-])c1C=O. The highest BCUT2D eigenvalue weighted by molar-refractivity contribution is 5.84. The molecule has 1 aromatic heterocycles. The predicted molar refractivity (Wildman–Crippen MR) is 49.5 cm³/mol. The number of aldehydes is 1. The van der Waals surface area contributed by atoms with Crippen LogP contribution in [0.5, 0.6) is 11.6 Å². The molecule has 0 aliphatic rings. The molecule has 18 heavy (non-hydrogen) atoms. The monoisotopic (exact) mass is 266 g/mol. The van der Waals surface area contributed by atoms with E-state index >= 15 is 0 Å². The van der Waals surface area contributed by atoms with E-state index in [1.807, 2.05) is 0 Å². The van der Waals surface area contributed by atoms with E-state index in [-0.39, 0.29) is 6.29 Å². The zero-order chi connectivity index (χ0) is 13.9. The van der Waals surface area contributed by atoms with E-state index in [0.29, 0.717) is 6.07 Å². The second-order valence-electron chi connectivity index (χ2n) is 2.82. The van der Waals surface area contributed by atoms with Crippen LogP contribution in [0.3, 0.4) is 0 Å². The van der Waals surface area contributed by atoms with Gasteiger partial charge in [0.25, 0.3) is 0 Å². The summed E-state index contributed by atoms with van der Waals surface area (Å²) < 4.78 is 43.8. The molecule has 0 atom stereocenters. The molecule has 0 aliphatic heterocycles. The molecule has 0 spiro atoms. The molecule has 0 radical (unpaired) electrons. The van der Waals surface area contributed by atoms with Crippen molar-refractivity contribution in [1.29, 1.82) is 0 Å². The van der Waals surface area contributed by atoms with E-state index in [9.17, 15) is 28.1 Å². The minimum absolute atomic E-state index is 0.0569. The Morgan fingerprint density at radius 1 is 1.50 bits per heavy atom. The van der Waals surface area contributed by atoms with Crippen molar-refractivity contribution in [3.8, 4) is 11.6 Å². The average Bonchev–Trinajstić information content (AvgIpc) is 2.25. The lowest BCUT2D eigenvalue weighted by Crippen LogP contribution is -2.18.